The number of methoxy groups -OCH3 is 1. The molecule has 8 nitrogen and oxygen atoms in total. The first-order valence-corrected chi connectivity index (χ1v) is 9.09. The standard InChI is InChI=1S/C16H17ClN6O2S/c1-16(3-4-26-15(18)23-16)10-5-9(6-21-13(10)17)22-14(24)11-7-20-12(25-2)8-19-11/h5-8H,3-4H2,1-2H3,(H2,18,23)(H,22,24)/t16-/m0/s1. The zero-order valence-corrected chi connectivity index (χ0v) is 15.8. The Morgan fingerprint density at radius 3 is 2.81 bits per heavy atom. The van der Waals surface area contributed by atoms with E-state index in [1.54, 1.807) is 6.07 Å². The zero-order chi connectivity index (χ0) is 18.7. The molecule has 136 valence electrons. The Morgan fingerprint density at radius 2 is 2.15 bits per heavy atom. The molecule has 26 heavy (non-hydrogen) atoms. The number of nitrogens with two attached hydrogens (primary N) is 1. The lowest BCUT2D eigenvalue weighted by Crippen LogP contribution is -2.29. The summed E-state index contributed by atoms with van der Waals surface area (Å²) in [4.78, 5) is 29.0. The highest BCUT2D eigenvalue weighted by molar-refractivity contribution is 8.13. The minimum Gasteiger partial charge on any atom is -0.480 e. The van der Waals surface area contributed by atoms with Crippen molar-refractivity contribution in [2.24, 2.45) is 10.7 Å². The minimum atomic E-state index is -0.583. The van der Waals surface area contributed by atoms with Gasteiger partial charge in [-0.1, -0.05) is 23.4 Å². The molecule has 0 unspecified atom stereocenters. The molecular weight excluding hydrogens is 376 g/mol. The summed E-state index contributed by atoms with van der Waals surface area (Å²) in [5, 5.41) is 3.59. The Morgan fingerprint density at radius 1 is 1.35 bits per heavy atom. The summed E-state index contributed by atoms with van der Waals surface area (Å²) in [6, 6.07) is 1.76. The fourth-order valence-corrected chi connectivity index (χ4v) is 3.79. The molecule has 1 amide bonds. The van der Waals surface area contributed by atoms with Crippen molar-refractivity contribution in [2.75, 3.05) is 18.2 Å². The SMILES string of the molecule is COc1cnc(C(=O)Nc2cnc(Cl)c([C@]3(C)CCSC(N)=N3)c2)cn1. The van der Waals surface area contributed by atoms with Gasteiger partial charge in [-0.05, 0) is 19.4 Å². The van der Waals surface area contributed by atoms with Crippen LogP contribution in [0.4, 0.5) is 5.69 Å². The summed E-state index contributed by atoms with van der Waals surface area (Å²) in [5.74, 6) is 0.748. The Kier molecular flexibility index (Phi) is 5.28. The number of carbonyl (C=O) groups is 1. The number of nitrogens with one attached hydrogen (secondary N) is 1. The normalized spacial score (nSPS) is 19.6. The van der Waals surface area contributed by atoms with Gasteiger partial charge in [-0.3, -0.25) is 9.79 Å². The monoisotopic (exact) mass is 392 g/mol. The van der Waals surface area contributed by atoms with Crippen LogP contribution in [0.2, 0.25) is 5.15 Å². The summed E-state index contributed by atoms with van der Waals surface area (Å²) in [5.41, 5.74) is 6.64. The molecule has 0 saturated carbocycles. The molecule has 1 aliphatic heterocycles. The van der Waals surface area contributed by atoms with Crippen molar-refractivity contribution in [1.82, 2.24) is 15.0 Å². The van der Waals surface area contributed by atoms with Gasteiger partial charge in [0.2, 0.25) is 5.88 Å². The quantitative estimate of drug-likeness (QED) is 0.767. The van der Waals surface area contributed by atoms with E-state index in [1.807, 2.05) is 6.92 Å². The van der Waals surface area contributed by atoms with Gasteiger partial charge in [-0.2, -0.15) is 0 Å². The van der Waals surface area contributed by atoms with Gasteiger partial charge < -0.3 is 15.8 Å². The molecule has 0 aliphatic carbocycles. The minimum absolute atomic E-state index is 0.157. The van der Waals surface area contributed by atoms with Crippen LogP contribution in [0.15, 0.2) is 29.6 Å². The molecule has 1 atom stereocenters. The first kappa shape index (κ1) is 18.4. The molecule has 0 aromatic carbocycles. The van der Waals surface area contributed by atoms with Crippen molar-refractivity contribution in [2.45, 2.75) is 18.9 Å². The number of ether oxygens (including phenoxy) is 1. The van der Waals surface area contributed by atoms with E-state index >= 15 is 0 Å². The van der Waals surface area contributed by atoms with Crippen LogP contribution in [0.3, 0.4) is 0 Å². The van der Waals surface area contributed by atoms with Gasteiger partial charge >= 0.3 is 0 Å². The summed E-state index contributed by atoms with van der Waals surface area (Å²) in [6.45, 7) is 1.95. The molecule has 0 bridgehead atoms. The maximum atomic E-state index is 12.4. The lowest BCUT2D eigenvalue weighted by Gasteiger charge is -2.30. The number of aliphatic imine (C=N–C) groups is 1. The maximum Gasteiger partial charge on any atom is 0.275 e. The fraction of sp³-hybridized carbons (Fsp3) is 0.312. The number of aromatic nitrogens is 3. The lowest BCUT2D eigenvalue weighted by atomic mass is 9.91. The molecular formula is C16H17ClN6O2S. The highest BCUT2D eigenvalue weighted by Crippen LogP contribution is 2.38. The van der Waals surface area contributed by atoms with E-state index in [0.717, 1.165) is 12.2 Å². The molecule has 0 saturated heterocycles. The number of carbonyl (C=O) groups excluding carboxylic acids is 1. The third kappa shape index (κ3) is 3.88. The number of nitrogens with zero attached hydrogens (tertiary/aromatic N) is 4. The van der Waals surface area contributed by atoms with Crippen LogP contribution in [-0.4, -0.2) is 38.9 Å². The highest BCUT2D eigenvalue weighted by Gasteiger charge is 2.32. The second-order valence-corrected chi connectivity index (χ2v) is 7.26. The molecule has 0 radical (unpaired) electrons. The van der Waals surface area contributed by atoms with Gasteiger partial charge in [-0.15, -0.1) is 0 Å². The number of halogens is 1. The van der Waals surface area contributed by atoms with Crippen LogP contribution in [0, 0.1) is 0 Å². The number of amidine groups is 1. The van der Waals surface area contributed by atoms with Gasteiger partial charge in [0.25, 0.3) is 5.91 Å². The van der Waals surface area contributed by atoms with E-state index in [1.165, 1.54) is 37.5 Å². The average Bonchev–Trinajstić information content (AvgIpc) is 2.63. The average molecular weight is 393 g/mol. The van der Waals surface area contributed by atoms with Crippen LogP contribution < -0.4 is 15.8 Å². The van der Waals surface area contributed by atoms with Crippen molar-refractivity contribution in [1.29, 1.82) is 0 Å². The first-order chi connectivity index (χ1) is 12.4. The molecule has 2 aromatic rings. The lowest BCUT2D eigenvalue weighted by molar-refractivity contribution is 0.102. The molecule has 3 heterocycles. The molecule has 0 fully saturated rings. The predicted molar refractivity (Wildman–Crippen MR) is 102 cm³/mol. The molecule has 3 N–H and O–H groups in total. The number of hydrogen-bond acceptors (Lipinski definition) is 8. The third-order valence-electron chi connectivity index (χ3n) is 3.94. The summed E-state index contributed by atoms with van der Waals surface area (Å²) in [7, 11) is 1.48. The smallest absolute Gasteiger partial charge is 0.275 e. The van der Waals surface area contributed by atoms with E-state index in [0.29, 0.717) is 27.5 Å². The van der Waals surface area contributed by atoms with Gasteiger partial charge in [0, 0.05) is 11.3 Å². The molecule has 0 spiro atoms. The fourth-order valence-electron chi connectivity index (χ4n) is 2.51. The Labute approximate surface area is 159 Å². The predicted octanol–water partition coefficient (Wildman–Crippen LogP) is 2.45. The Balaban J connectivity index is 1.85. The van der Waals surface area contributed by atoms with Crippen LogP contribution in [0.25, 0.3) is 0 Å². The van der Waals surface area contributed by atoms with Crippen LogP contribution in [0.1, 0.15) is 29.4 Å². The van der Waals surface area contributed by atoms with Gasteiger partial charge in [0.15, 0.2) is 5.17 Å². The van der Waals surface area contributed by atoms with Crippen molar-refractivity contribution in [3.05, 3.63) is 41.1 Å². The topological polar surface area (TPSA) is 115 Å². The zero-order valence-electron chi connectivity index (χ0n) is 14.2. The van der Waals surface area contributed by atoms with Gasteiger partial charge in [0.1, 0.15) is 10.8 Å². The second kappa shape index (κ2) is 7.46. The number of amides is 1. The van der Waals surface area contributed by atoms with E-state index in [-0.39, 0.29) is 5.69 Å². The second-order valence-electron chi connectivity index (χ2n) is 5.78. The summed E-state index contributed by atoms with van der Waals surface area (Å²) >= 11 is 7.78. The largest absolute Gasteiger partial charge is 0.480 e. The third-order valence-corrected chi connectivity index (χ3v) is 5.04. The number of hydrogen-bond donors (Lipinski definition) is 2. The van der Waals surface area contributed by atoms with E-state index in [2.05, 4.69) is 25.3 Å². The van der Waals surface area contributed by atoms with Gasteiger partial charge in [-0.25, -0.2) is 15.0 Å². The highest BCUT2D eigenvalue weighted by atomic mass is 35.5. The van der Waals surface area contributed by atoms with Crippen molar-refractivity contribution in [3.8, 4) is 5.88 Å². The van der Waals surface area contributed by atoms with E-state index < -0.39 is 11.4 Å². The summed E-state index contributed by atoms with van der Waals surface area (Å²) in [6.07, 6.45) is 4.96. The number of thioether (sulfide) groups is 1. The summed E-state index contributed by atoms with van der Waals surface area (Å²) < 4.78 is 4.93. The van der Waals surface area contributed by atoms with E-state index in [9.17, 15) is 4.79 Å². The maximum absolute atomic E-state index is 12.4. The van der Waals surface area contributed by atoms with Crippen LogP contribution in [0.5, 0.6) is 5.88 Å². The number of pyridine rings is 1. The number of anilines is 1. The number of rotatable bonds is 4. The molecule has 2 aromatic heterocycles. The van der Waals surface area contributed by atoms with Gasteiger partial charge in [0.05, 0.1) is 36.9 Å². The molecule has 10 heteroatoms. The molecule has 1 aliphatic rings. The molecule has 3 rings (SSSR count). The van der Waals surface area contributed by atoms with Crippen LogP contribution in [-0.2, 0) is 5.54 Å². The Bertz CT molecular complexity index is 860. The van der Waals surface area contributed by atoms with Crippen molar-refractivity contribution >= 4 is 40.1 Å². The van der Waals surface area contributed by atoms with Crippen molar-refractivity contribution < 1.29 is 9.53 Å². The van der Waals surface area contributed by atoms with Crippen LogP contribution >= 0.6 is 23.4 Å². The Hall–Kier alpha value is -2.39. The van der Waals surface area contributed by atoms with E-state index in [4.69, 9.17) is 22.1 Å². The van der Waals surface area contributed by atoms with Crippen molar-refractivity contribution in [3.63, 3.8) is 0 Å². The first-order valence-electron chi connectivity index (χ1n) is 7.73.